The molecule has 3 heterocycles. The number of carbonyl (C=O) groups is 1. The van der Waals surface area contributed by atoms with Gasteiger partial charge in [-0.2, -0.15) is 0 Å². The third kappa shape index (κ3) is 3.18. The average molecular weight is 384 g/mol. The molecule has 1 aromatic carbocycles. The quantitative estimate of drug-likeness (QED) is 0.720. The molecule has 0 fully saturated rings. The van der Waals surface area contributed by atoms with E-state index in [1.807, 2.05) is 36.4 Å². The highest BCUT2D eigenvalue weighted by atomic mass is 35.5. The number of amides is 1. The molecule has 3 N–H and O–H groups in total. The molecule has 1 aliphatic rings. The highest BCUT2D eigenvalue weighted by Crippen LogP contribution is 2.41. The second-order valence-corrected chi connectivity index (χ2v) is 7.44. The molecule has 130 valence electrons. The maximum atomic E-state index is 12.6. The first-order chi connectivity index (χ1) is 12.6. The molecule has 1 aliphatic heterocycles. The van der Waals surface area contributed by atoms with Crippen LogP contribution in [0.15, 0.2) is 47.5 Å². The van der Waals surface area contributed by atoms with E-state index in [-0.39, 0.29) is 11.9 Å². The van der Waals surface area contributed by atoms with Gasteiger partial charge < -0.3 is 11.1 Å². The van der Waals surface area contributed by atoms with Crippen LogP contribution in [0.5, 0.6) is 0 Å². The number of nitrogen functional groups attached to an aromatic ring is 1. The summed E-state index contributed by atoms with van der Waals surface area (Å²) in [5, 5.41) is 2.91. The van der Waals surface area contributed by atoms with Crippen LogP contribution < -0.4 is 11.1 Å². The van der Waals surface area contributed by atoms with Crippen molar-refractivity contribution in [2.75, 3.05) is 5.73 Å². The second-order valence-electron chi connectivity index (χ2n) is 5.73. The van der Waals surface area contributed by atoms with E-state index >= 15 is 0 Å². The van der Waals surface area contributed by atoms with Gasteiger partial charge in [-0.3, -0.25) is 9.79 Å². The van der Waals surface area contributed by atoms with Gasteiger partial charge in [0.2, 0.25) is 11.9 Å². The smallest absolute Gasteiger partial charge is 0.234 e. The number of nitrogens with two attached hydrogens (primary N) is 1. The molecule has 4 rings (SSSR count). The minimum atomic E-state index is -0.590. The van der Waals surface area contributed by atoms with Gasteiger partial charge in [-0.1, -0.05) is 41.9 Å². The third-order valence-electron chi connectivity index (χ3n) is 3.97. The summed E-state index contributed by atoms with van der Waals surface area (Å²) in [5.74, 6) is -0.660. The number of rotatable bonds is 4. The summed E-state index contributed by atoms with van der Waals surface area (Å²) in [6, 6.07) is 13.3. The van der Waals surface area contributed by atoms with Gasteiger partial charge in [0, 0.05) is 12.8 Å². The number of anilines is 1. The SMILES string of the molecule is Nc1nc(-c2ccc(Cl)s2)c2c(n1)C(C(=O)NCc1ccccc1)C=N2. The van der Waals surface area contributed by atoms with Crippen LogP contribution in [-0.2, 0) is 11.3 Å². The van der Waals surface area contributed by atoms with E-state index in [4.69, 9.17) is 17.3 Å². The van der Waals surface area contributed by atoms with E-state index in [1.165, 1.54) is 11.3 Å². The molecule has 0 saturated heterocycles. The Balaban J connectivity index is 1.60. The molecule has 0 aliphatic carbocycles. The molecule has 1 unspecified atom stereocenters. The molecule has 0 radical (unpaired) electrons. The number of fused-ring (bicyclic) bond motifs is 1. The Morgan fingerprint density at radius 2 is 2.00 bits per heavy atom. The minimum Gasteiger partial charge on any atom is -0.368 e. The first-order valence-corrected chi connectivity index (χ1v) is 9.10. The van der Waals surface area contributed by atoms with Gasteiger partial charge >= 0.3 is 0 Å². The van der Waals surface area contributed by atoms with E-state index in [0.29, 0.717) is 28.0 Å². The van der Waals surface area contributed by atoms with Crippen LogP contribution in [0.2, 0.25) is 4.34 Å². The number of aromatic nitrogens is 2. The van der Waals surface area contributed by atoms with Crippen LogP contribution in [0.1, 0.15) is 17.2 Å². The van der Waals surface area contributed by atoms with E-state index in [2.05, 4.69) is 20.3 Å². The number of hydrogen-bond donors (Lipinski definition) is 2. The van der Waals surface area contributed by atoms with Crippen molar-refractivity contribution in [2.45, 2.75) is 12.5 Å². The van der Waals surface area contributed by atoms with Crippen molar-refractivity contribution in [3.8, 4) is 10.6 Å². The Labute approximate surface area is 158 Å². The minimum absolute atomic E-state index is 0.106. The molecule has 26 heavy (non-hydrogen) atoms. The topological polar surface area (TPSA) is 93.3 Å². The molecule has 0 bridgehead atoms. The van der Waals surface area contributed by atoms with E-state index < -0.39 is 5.92 Å². The van der Waals surface area contributed by atoms with Gasteiger partial charge in [0.05, 0.1) is 14.9 Å². The largest absolute Gasteiger partial charge is 0.368 e. The zero-order valence-electron chi connectivity index (χ0n) is 13.5. The predicted octanol–water partition coefficient (Wildman–Crippen LogP) is 3.56. The Hall–Kier alpha value is -2.77. The van der Waals surface area contributed by atoms with Crippen molar-refractivity contribution in [3.05, 3.63) is 58.1 Å². The lowest BCUT2D eigenvalue weighted by Crippen LogP contribution is -2.29. The van der Waals surface area contributed by atoms with Crippen LogP contribution in [0.4, 0.5) is 11.6 Å². The summed E-state index contributed by atoms with van der Waals surface area (Å²) in [4.78, 5) is 26.4. The van der Waals surface area contributed by atoms with Crippen molar-refractivity contribution in [3.63, 3.8) is 0 Å². The molecule has 1 amide bonds. The van der Waals surface area contributed by atoms with Crippen LogP contribution in [0.25, 0.3) is 10.6 Å². The standard InChI is InChI=1S/C18H14ClN5OS/c19-13-7-6-12(26-13)15-16-14(23-18(20)24-15)11(9-21-16)17(25)22-8-10-4-2-1-3-5-10/h1-7,9,11H,8H2,(H,22,25)(H2,20,23,24). The number of carbonyl (C=O) groups excluding carboxylic acids is 1. The van der Waals surface area contributed by atoms with Gasteiger partial charge in [0.15, 0.2) is 0 Å². The number of nitrogens with one attached hydrogen (secondary N) is 1. The number of thiophene rings is 1. The summed E-state index contributed by atoms with van der Waals surface area (Å²) < 4.78 is 0.644. The Morgan fingerprint density at radius 3 is 2.73 bits per heavy atom. The number of halogens is 1. The van der Waals surface area contributed by atoms with Crippen LogP contribution in [0.3, 0.4) is 0 Å². The fraction of sp³-hybridized carbons (Fsp3) is 0.111. The predicted molar refractivity (Wildman–Crippen MR) is 104 cm³/mol. The fourth-order valence-corrected chi connectivity index (χ4v) is 3.79. The summed E-state index contributed by atoms with van der Waals surface area (Å²) in [7, 11) is 0. The molecule has 6 nitrogen and oxygen atoms in total. The summed E-state index contributed by atoms with van der Waals surface area (Å²) in [5.41, 5.74) is 8.57. The van der Waals surface area contributed by atoms with Gasteiger partial charge in [-0.15, -0.1) is 11.3 Å². The highest BCUT2D eigenvalue weighted by Gasteiger charge is 2.31. The monoisotopic (exact) mass is 383 g/mol. The number of aliphatic imine (C=N–C) groups is 1. The maximum Gasteiger partial charge on any atom is 0.234 e. The lowest BCUT2D eigenvalue weighted by atomic mass is 10.1. The van der Waals surface area contributed by atoms with Gasteiger partial charge in [0.25, 0.3) is 0 Å². The summed E-state index contributed by atoms with van der Waals surface area (Å²) >= 11 is 7.40. The first kappa shape index (κ1) is 16.7. The summed E-state index contributed by atoms with van der Waals surface area (Å²) in [6.45, 7) is 0.438. The Morgan fingerprint density at radius 1 is 1.19 bits per heavy atom. The Bertz CT molecular complexity index is 1000. The normalized spacial score (nSPS) is 15.0. The number of nitrogens with zero attached hydrogens (tertiary/aromatic N) is 3. The number of hydrogen-bond acceptors (Lipinski definition) is 6. The van der Waals surface area contributed by atoms with Crippen LogP contribution in [0, 0.1) is 0 Å². The van der Waals surface area contributed by atoms with Gasteiger partial charge in [-0.25, -0.2) is 9.97 Å². The van der Waals surface area contributed by atoms with Crippen molar-refractivity contribution < 1.29 is 4.79 Å². The summed E-state index contributed by atoms with van der Waals surface area (Å²) in [6.07, 6.45) is 1.58. The first-order valence-electron chi connectivity index (χ1n) is 7.91. The molecule has 0 saturated carbocycles. The lowest BCUT2D eigenvalue weighted by molar-refractivity contribution is -0.121. The van der Waals surface area contributed by atoms with Crippen molar-refractivity contribution >= 4 is 46.7 Å². The van der Waals surface area contributed by atoms with Gasteiger partial charge in [0.1, 0.15) is 17.3 Å². The highest BCUT2D eigenvalue weighted by molar-refractivity contribution is 7.19. The number of benzene rings is 1. The lowest BCUT2D eigenvalue weighted by Gasteiger charge is -2.11. The molecule has 3 aromatic rings. The molecule has 8 heteroatoms. The van der Waals surface area contributed by atoms with Crippen molar-refractivity contribution in [1.29, 1.82) is 0 Å². The van der Waals surface area contributed by atoms with Crippen LogP contribution >= 0.6 is 22.9 Å². The second kappa shape index (κ2) is 6.86. The van der Waals surface area contributed by atoms with Crippen molar-refractivity contribution in [2.24, 2.45) is 4.99 Å². The molecular weight excluding hydrogens is 370 g/mol. The van der Waals surface area contributed by atoms with Crippen molar-refractivity contribution in [1.82, 2.24) is 15.3 Å². The zero-order valence-corrected chi connectivity index (χ0v) is 15.1. The van der Waals surface area contributed by atoms with Gasteiger partial charge in [-0.05, 0) is 17.7 Å². The van der Waals surface area contributed by atoms with E-state index in [1.54, 1.807) is 12.3 Å². The van der Waals surface area contributed by atoms with Crippen LogP contribution in [-0.4, -0.2) is 22.1 Å². The molecular formula is C18H14ClN5OS. The third-order valence-corrected chi connectivity index (χ3v) is 5.21. The maximum absolute atomic E-state index is 12.6. The average Bonchev–Trinajstić information content (AvgIpc) is 3.26. The Kier molecular flexibility index (Phi) is 4.40. The molecule has 0 spiro atoms. The zero-order chi connectivity index (χ0) is 18.1. The van der Waals surface area contributed by atoms with E-state index in [0.717, 1.165) is 10.4 Å². The molecule has 2 aromatic heterocycles. The fourth-order valence-electron chi connectivity index (χ4n) is 2.75. The molecule has 1 atom stereocenters. The van der Waals surface area contributed by atoms with E-state index in [9.17, 15) is 4.79 Å².